The van der Waals surface area contributed by atoms with Gasteiger partial charge in [0.25, 0.3) is 10.0 Å². The molecule has 224 valence electrons. The summed E-state index contributed by atoms with van der Waals surface area (Å²) in [7, 11) is -4.17. The molecule has 1 atom stereocenters. The van der Waals surface area contributed by atoms with Gasteiger partial charge in [0.2, 0.25) is 11.8 Å². The maximum Gasteiger partial charge on any atom is 0.264 e. The molecule has 0 aliphatic rings. The molecule has 0 saturated heterocycles. The molecule has 0 spiro atoms. The van der Waals surface area contributed by atoms with Crippen LogP contribution in [-0.2, 0) is 32.6 Å². The van der Waals surface area contributed by atoms with Gasteiger partial charge in [-0.3, -0.25) is 13.9 Å². The normalized spacial score (nSPS) is 11.9. The average molecular weight is 750 g/mol. The maximum absolute atomic E-state index is 14.4. The third-order valence-corrected chi connectivity index (χ3v) is 9.95. The number of carbonyl (C=O) groups excluding carboxylic acids is 2. The van der Waals surface area contributed by atoms with E-state index in [9.17, 15) is 18.0 Å². The lowest BCUT2D eigenvalue weighted by atomic mass is 10.0. The van der Waals surface area contributed by atoms with Gasteiger partial charge >= 0.3 is 0 Å². The standard InChI is InChI=1S/C32H30Cl2IN3O4S/c1-2-36-32(40)30(20-23-10-5-3-6-11-23)37(21-27-28(33)14-9-15-29(27)34)31(39)22-38(25-18-16-24(35)17-19-25)43(41,42)26-12-7-4-8-13-26/h3-19,30H,2,20-22H2,1H3,(H,36,40). The quantitative estimate of drug-likeness (QED) is 0.166. The zero-order chi connectivity index (χ0) is 31.0. The van der Waals surface area contributed by atoms with Gasteiger partial charge in [-0.2, -0.15) is 0 Å². The highest BCUT2D eigenvalue weighted by Gasteiger charge is 2.35. The molecule has 11 heteroatoms. The van der Waals surface area contributed by atoms with Gasteiger partial charge in [-0.1, -0.05) is 77.8 Å². The molecule has 2 amide bonds. The van der Waals surface area contributed by atoms with Gasteiger partial charge in [0, 0.05) is 38.7 Å². The number of halogens is 3. The number of rotatable bonds is 12. The number of carbonyl (C=O) groups is 2. The van der Waals surface area contributed by atoms with Crippen LogP contribution in [0.2, 0.25) is 10.0 Å². The number of anilines is 1. The van der Waals surface area contributed by atoms with E-state index in [0.29, 0.717) is 27.8 Å². The highest BCUT2D eigenvalue weighted by atomic mass is 127. The van der Waals surface area contributed by atoms with Crippen LogP contribution in [0.1, 0.15) is 18.1 Å². The zero-order valence-corrected chi connectivity index (χ0v) is 27.8. The predicted octanol–water partition coefficient (Wildman–Crippen LogP) is 6.57. The third kappa shape index (κ3) is 8.29. The average Bonchev–Trinajstić information content (AvgIpc) is 3.00. The first kappa shape index (κ1) is 32.8. The van der Waals surface area contributed by atoms with Gasteiger partial charge in [-0.15, -0.1) is 0 Å². The first-order valence-corrected chi connectivity index (χ1v) is 16.8. The molecule has 4 rings (SSSR count). The molecule has 0 aliphatic carbocycles. The number of hydrogen-bond donors (Lipinski definition) is 1. The lowest BCUT2D eigenvalue weighted by Gasteiger charge is -2.34. The molecule has 0 aromatic heterocycles. The fourth-order valence-electron chi connectivity index (χ4n) is 4.56. The first-order chi connectivity index (χ1) is 20.6. The monoisotopic (exact) mass is 749 g/mol. The van der Waals surface area contributed by atoms with E-state index in [1.807, 2.05) is 30.3 Å². The lowest BCUT2D eigenvalue weighted by Crippen LogP contribution is -2.53. The predicted molar refractivity (Wildman–Crippen MR) is 180 cm³/mol. The van der Waals surface area contributed by atoms with Gasteiger partial charge < -0.3 is 10.2 Å². The topological polar surface area (TPSA) is 86.8 Å². The second-order valence-corrected chi connectivity index (χ2v) is 13.5. The molecule has 4 aromatic rings. The SMILES string of the molecule is CCNC(=O)C(Cc1ccccc1)N(Cc1c(Cl)cccc1Cl)C(=O)CN(c1ccc(I)cc1)S(=O)(=O)c1ccccc1. The van der Waals surface area contributed by atoms with Crippen molar-refractivity contribution in [2.24, 2.45) is 0 Å². The molecule has 0 fully saturated rings. The Balaban J connectivity index is 1.82. The summed E-state index contributed by atoms with van der Waals surface area (Å²) < 4.78 is 29.9. The van der Waals surface area contributed by atoms with Crippen molar-refractivity contribution in [1.29, 1.82) is 0 Å². The minimum absolute atomic E-state index is 0.0339. The molecule has 7 nitrogen and oxygen atoms in total. The summed E-state index contributed by atoms with van der Waals surface area (Å²) in [4.78, 5) is 29.4. The van der Waals surface area contributed by atoms with Crippen LogP contribution in [0.4, 0.5) is 5.69 Å². The Morgan fingerprint density at radius 3 is 2.00 bits per heavy atom. The van der Waals surface area contributed by atoms with E-state index >= 15 is 0 Å². The van der Waals surface area contributed by atoms with Crippen molar-refractivity contribution in [3.63, 3.8) is 0 Å². The molecule has 0 radical (unpaired) electrons. The number of benzene rings is 4. The molecule has 0 aliphatic heterocycles. The van der Waals surface area contributed by atoms with E-state index in [1.54, 1.807) is 67.6 Å². The molecule has 4 aromatic carbocycles. The fourth-order valence-corrected chi connectivity index (χ4v) is 6.87. The van der Waals surface area contributed by atoms with E-state index in [1.165, 1.54) is 17.0 Å². The Hall–Kier alpha value is -3.12. The Bertz CT molecular complexity index is 1640. The van der Waals surface area contributed by atoms with E-state index in [0.717, 1.165) is 13.4 Å². The Morgan fingerprint density at radius 2 is 1.42 bits per heavy atom. The molecule has 0 saturated carbocycles. The van der Waals surface area contributed by atoms with Crippen LogP contribution in [0.5, 0.6) is 0 Å². The van der Waals surface area contributed by atoms with Crippen molar-refractivity contribution < 1.29 is 18.0 Å². The Morgan fingerprint density at radius 1 is 0.837 bits per heavy atom. The molecule has 0 heterocycles. The molecular formula is C32H30Cl2IN3O4S. The second kappa shape index (κ2) is 15.1. The maximum atomic E-state index is 14.4. The number of likely N-dealkylation sites (N-methyl/N-ethyl adjacent to an activating group) is 1. The van der Waals surface area contributed by atoms with Crippen molar-refractivity contribution >= 4 is 73.3 Å². The van der Waals surface area contributed by atoms with Crippen molar-refractivity contribution in [2.45, 2.75) is 30.8 Å². The van der Waals surface area contributed by atoms with Crippen molar-refractivity contribution in [1.82, 2.24) is 10.2 Å². The molecule has 1 unspecified atom stereocenters. The second-order valence-electron chi connectivity index (χ2n) is 9.62. The van der Waals surface area contributed by atoms with Crippen LogP contribution in [0.25, 0.3) is 0 Å². The number of amides is 2. The summed E-state index contributed by atoms with van der Waals surface area (Å²) in [5.74, 6) is -0.976. The summed E-state index contributed by atoms with van der Waals surface area (Å²) in [6.07, 6.45) is 0.190. The number of nitrogens with one attached hydrogen (secondary N) is 1. The van der Waals surface area contributed by atoms with E-state index in [2.05, 4.69) is 27.9 Å². The minimum Gasteiger partial charge on any atom is -0.355 e. The van der Waals surface area contributed by atoms with Crippen LogP contribution in [0, 0.1) is 3.57 Å². The van der Waals surface area contributed by atoms with Crippen LogP contribution in [-0.4, -0.2) is 44.3 Å². The van der Waals surface area contributed by atoms with Crippen LogP contribution in [0.3, 0.4) is 0 Å². The van der Waals surface area contributed by atoms with Gasteiger partial charge in [0.05, 0.1) is 10.6 Å². The van der Waals surface area contributed by atoms with Gasteiger partial charge in [-0.05, 0) is 83.6 Å². The van der Waals surface area contributed by atoms with E-state index < -0.39 is 28.5 Å². The molecular weight excluding hydrogens is 720 g/mol. The highest BCUT2D eigenvalue weighted by molar-refractivity contribution is 14.1. The lowest BCUT2D eigenvalue weighted by molar-refractivity contribution is -0.140. The number of nitrogens with zero attached hydrogens (tertiary/aromatic N) is 2. The molecule has 43 heavy (non-hydrogen) atoms. The largest absolute Gasteiger partial charge is 0.355 e. The number of hydrogen-bond acceptors (Lipinski definition) is 4. The number of sulfonamides is 1. The smallest absolute Gasteiger partial charge is 0.264 e. The van der Waals surface area contributed by atoms with E-state index in [-0.39, 0.29) is 23.8 Å². The highest BCUT2D eigenvalue weighted by Crippen LogP contribution is 2.29. The summed E-state index contributed by atoms with van der Waals surface area (Å²) in [5.41, 5.74) is 1.59. The molecule has 1 N–H and O–H groups in total. The van der Waals surface area contributed by atoms with Crippen molar-refractivity contribution in [3.05, 3.63) is 128 Å². The fraction of sp³-hybridized carbons (Fsp3) is 0.188. The third-order valence-electron chi connectivity index (χ3n) is 6.74. The van der Waals surface area contributed by atoms with E-state index in [4.69, 9.17) is 23.2 Å². The van der Waals surface area contributed by atoms with Crippen LogP contribution >= 0.6 is 45.8 Å². The zero-order valence-electron chi connectivity index (χ0n) is 23.3. The van der Waals surface area contributed by atoms with Crippen LogP contribution < -0.4 is 9.62 Å². The first-order valence-electron chi connectivity index (χ1n) is 13.5. The van der Waals surface area contributed by atoms with Gasteiger partial charge in [0.15, 0.2) is 0 Å². The van der Waals surface area contributed by atoms with Gasteiger partial charge in [-0.25, -0.2) is 8.42 Å². The van der Waals surface area contributed by atoms with Crippen LogP contribution in [0.15, 0.2) is 108 Å². The Labute approximate surface area is 276 Å². The summed E-state index contributed by atoms with van der Waals surface area (Å²) in [6, 6.07) is 28.1. The van der Waals surface area contributed by atoms with Gasteiger partial charge in [0.1, 0.15) is 12.6 Å². The summed E-state index contributed by atoms with van der Waals surface area (Å²) in [5, 5.41) is 3.48. The molecule has 0 bridgehead atoms. The minimum atomic E-state index is -4.17. The summed E-state index contributed by atoms with van der Waals surface area (Å²) in [6.45, 7) is 1.46. The Kier molecular flexibility index (Phi) is 11.5. The van der Waals surface area contributed by atoms with Crippen molar-refractivity contribution in [3.8, 4) is 0 Å². The summed E-state index contributed by atoms with van der Waals surface area (Å²) >= 11 is 15.2. The van der Waals surface area contributed by atoms with Crippen molar-refractivity contribution in [2.75, 3.05) is 17.4 Å².